The first-order valence-electron chi connectivity index (χ1n) is 5.54. The minimum absolute atomic E-state index is 0.00129. The van der Waals surface area contributed by atoms with Crippen LogP contribution in [0.15, 0.2) is 18.2 Å². The molecule has 18 heavy (non-hydrogen) atoms. The summed E-state index contributed by atoms with van der Waals surface area (Å²) in [7, 11) is 0. The zero-order chi connectivity index (χ0) is 13.8. The molecule has 1 rings (SSSR count). The molecule has 1 aromatic carbocycles. The number of nitro benzene ring substituents is 1. The van der Waals surface area contributed by atoms with E-state index in [2.05, 4.69) is 5.32 Å². The molecule has 0 heterocycles. The van der Waals surface area contributed by atoms with E-state index in [9.17, 15) is 15.2 Å². The quantitative estimate of drug-likeness (QED) is 0.614. The van der Waals surface area contributed by atoms with E-state index in [1.54, 1.807) is 19.1 Å². The molecule has 0 aliphatic rings. The number of hydrogen-bond donors (Lipinski definition) is 2. The first kappa shape index (κ1) is 13.9. The maximum atomic E-state index is 11.0. The molecule has 6 heteroatoms. The van der Waals surface area contributed by atoms with Crippen LogP contribution in [0.1, 0.15) is 25.8 Å². The second-order valence-corrected chi connectivity index (χ2v) is 4.27. The SMILES string of the molecule is CCC(C)(CO)Nc1cccc(C#N)c1[N+](=O)[O-]. The number of nitrogens with zero attached hydrogens (tertiary/aromatic N) is 2. The molecule has 0 amide bonds. The molecule has 2 N–H and O–H groups in total. The van der Waals surface area contributed by atoms with E-state index in [-0.39, 0.29) is 23.5 Å². The Labute approximate surface area is 105 Å². The van der Waals surface area contributed by atoms with E-state index in [1.165, 1.54) is 12.1 Å². The highest BCUT2D eigenvalue weighted by atomic mass is 16.6. The number of hydrogen-bond acceptors (Lipinski definition) is 5. The van der Waals surface area contributed by atoms with Gasteiger partial charge in [0.2, 0.25) is 0 Å². The van der Waals surface area contributed by atoms with Gasteiger partial charge in [-0.2, -0.15) is 5.26 Å². The lowest BCUT2D eigenvalue weighted by atomic mass is 9.99. The number of rotatable bonds is 5. The molecule has 0 radical (unpaired) electrons. The zero-order valence-corrected chi connectivity index (χ0v) is 10.3. The third-order valence-electron chi connectivity index (χ3n) is 2.90. The average molecular weight is 249 g/mol. The highest BCUT2D eigenvalue weighted by Gasteiger charge is 2.26. The summed E-state index contributed by atoms with van der Waals surface area (Å²) >= 11 is 0. The normalized spacial score (nSPS) is 13.4. The molecule has 1 atom stereocenters. The van der Waals surface area contributed by atoms with Gasteiger partial charge in [-0.25, -0.2) is 0 Å². The van der Waals surface area contributed by atoms with Crippen LogP contribution >= 0.6 is 0 Å². The number of nitriles is 1. The van der Waals surface area contributed by atoms with Gasteiger partial charge in [0.25, 0.3) is 0 Å². The first-order chi connectivity index (χ1) is 8.47. The fourth-order valence-electron chi connectivity index (χ4n) is 1.50. The first-order valence-corrected chi connectivity index (χ1v) is 5.54. The highest BCUT2D eigenvalue weighted by molar-refractivity contribution is 5.69. The molecule has 0 saturated carbocycles. The Kier molecular flexibility index (Phi) is 4.23. The molecule has 1 unspecified atom stereocenters. The fourth-order valence-corrected chi connectivity index (χ4v) is 1.50. The van der Waals surface area contributed by atoms with Crippen molar-refractivity contribution in [2.24, 2.45) is 0 Å². The van der Waals surface area contributed by atoms with Crippen molar-refractivity contribution in [3.8, 4) is 6.07 Å². The van der Waals surface area contributed by atoms with Gasteiger partial charge in [0.15, 0.2) is 0 Å². The Balaban J connectivity index is 3.26. The molecule has 96 valence electrons. The summed E-state index contributed by atoms with van der Waals surface area (Å²) in [5.74, 6) is 0. The number of nitro groups is 1. The van der Waals surface area contributed by atoms with Gasteiger partial charge in [-0.1, -0.05) is 13.0 Å². The minimum atomic E-state index is -0.654. The van der Waals surface area contributed by atoms with Crippen molar-refractivity contribution in [3.05, 3.63) is 33.9 Å². The van der Waals surface area contributed by atoms with E-state index >= 15 is 0 Å². The number of benzene rings is 1. The monoisotopic (exact) mass is 249 g/mol. The highest BCUT2D eigenvalue weighted by Crippen LogP contribution is 2.31. The van der Waals surface area contributed by atoms with Crippen molar-refractivity contribution >= 4 is 11.4 Å². The van der Waals surface area contributed by atoms with E-state index < -0.39 is 10.5 Å². The van der Waals surface area contributed by atoms with Crippen molar-refractivity contribution in [1.29, 1.82) is 5.26 Å². The van der Waals surface area contributed by atoms with Crippen LogP contribution in [0, 0.1) is 21.4 Å². The van der Waals surface area contributed by atoms with Crippen LogP contribution < -0.4 is 5.32 Å². The third-order valence-corrected chi connectivity index (χ3v) is 2.90. The van der Waals surface area contributed by atoms with Crippen LogP contribution in [-0.4, -0.2) is 22.2 Å². The van der Waals surface area contributed by atoms with Crippen LogP contribution in [0.5, 0.6) is 0 Å². The van der Waals surface area contributed by atoms with E-state index in [0.717, 1.165) is 0 Å². The Hall–Kier alpha value is -2.13. The second-order valence-electron chi connectivity index (χ2n) is 4.27. The molecule has 0 fully saturated rings. The Morgan fingerprint density at radius 1 is 1.61 bits per heavy atom. The summed E-state index contributed by atoms with van der Waals surface area (Å²) in [5.41, 5.74) is -0.661. The average Bonchev–Trinajstić information content (AvgIpc) is 2.37. The van der Waals surface area contributed by atoms with Crippen LogP contribution in [0.3, 0.4) is 0 Å². The molecule has 0 aliphatic carbocycles. The summed E-state index contributed by atoms with van der Waals surface area (Å²) < 4.78 is 0. The van der Waals surface area contributed by atoms with Crippen molar-refractivity contribution in [2.45, 2.75) is 25.8 Å². The lowest BCUT2D eigenvalue weighted by Crippen LogP contribution is -2.38. The summed E-state index contributed by atoms with van der Waals surface area (Å²) in [6, 6.07) is 6.29. The van der Waals surface area contributed by atoms with Gasteiger partial charge in [0.05, 0.1) is 17.1 Å². The molecule has 0 saturated heterocycles. The Bertz CT molecular complexity index is 490. The molecule has 0 spiro atoms. The Morgan fingerprint density at radius 3 is 2.72 bits per heavy atom. The third kappa shape index (κ3) is 2.76. The maximum absolute atomic E-state index is 11.0. The molecule has 6 nitrogen and oxygen atoms in total. The molecule has 1 aromatic rings. The van der Waals surface area contributed by atoms with Gasteiger partial charge in [0, 0.05) is 0 Å². The van der Waals surface area contributed by atoms with E-state index in [4.69, 9.17) is 5.26 Å². The van der Waals surface area contributed by atoms with Gasteiger partial charge in [0.1, 0.15) is 17.3 Å². The van der Waals surface area contributed by atoms with Crippen molar-refractivity contribution in [3.63, 3.8) is 0 Å². The van der Waals surface area contributed by atoms with Crippen molar-refractivity contribution in [1.82, 2.24) is 0 Å². The maximum Gasteiger partial charge on any atom is 0.309 e. The second kappa shape index (κ2) is 5.47. The lowest BCUT2D eigenvalue weighted by Gasteiger charge is -2.28. The van der Waals surface area contributed by atoms with Crippen LogP contribution in [0.2, 0.25) is 0 Å². The summed E-state index contributed by atoms with van der Waals surface area (Å²) in [5, 5.41) is 32.1. The van der Waals surface area contributed by atoms with Gasteiger partial charge in [-0.05, 0) is 25.5 Å². The predicted octanol–water partition coefficient (Wildman–Crippen LogP) is 2.04. The molecular formula is C12H15N3O3. The fraction of sp³-hybridized carbons (Fsp3) is 0.417. The molecular weight excluding hydrogens is 234 g/mol. The van der Waals surface area contributed by atoms with Gasteiger partial charge >= 0.3 is 5.69 Å². The lowest BCUT2D eigenvalue weighted by molar-refractivity contribution is -0.384. The smallest absolute Gasteiger partial charge is 0.309 e. The molecule has 0 aliphatic heterocycles. The summed E-state index contributed by atoms with van der Waals surface area (Å²) in [6.45, 7) is 3.47. The minimum Gasteiger partial charge on any atom is -0.394 e. The molecule has 0 aromatic heterocycles. The Morgan fingerprint density at radius 2 is 2.28 bits per heavy atom. The standard InChI is InChI=1S/C12H15N3O3/c1-3-12(2,8-16)14-10-6-4-5-9(7-13)11(10)15(17)18/h4-6,14,16H,3,8H2,1-2H3. The zero-order valence-electron chi connectivity index (χ0n) is 10.3. The van der Waals surface area contributed by atoms with Crippen molar-refractivity contribution < 1.29 is 10.0 Å². The van der Waals surface area contributed by atoms with Crippen LogP contribution in [-0.2, 0) is 0 Å². The molecule has 0 bridgehead atoms. The van der Waals surface area contributed by atoms with Gasteiger partial charge < -0.3 is 10.4 Å². The van der Waals surface area contributed by atoms with Crippen LogP contribution in [0.25, 0.3) is 0 Å². The van der Waals surface area contributed by atoms with E-state index in [1.807, 2.05) is 6.92 Å². The largest absolute Gasteiger partial charge is 0.394 e. The van der Waals surface area contributed by atoms with Gasteiger partial charge in [-0.15, -0.1) is 0 Å². The summed E-state index contributed by atoms with van der Waals surface area (Å²) in [6.07, 6.45) is 0.595. The number of aliphatic hydroxyl groups excluding tert-OH is 1. The topological polar surface area (TPSA) is 99.2 Å². The summed E-state index contributed by atoms with van der Waals surface area (Å²) in [4.78, 5) is 10.4. The van der Waals surface area contributed by atoms with Crippen LogP contribution in [0.4, 0.5) is 11.4 Å². The predicted molar refractivity (Wildman–Crippen MR) is 67.2 cm³/mol. The number of anilines is 1. The number of para-hydroxylation sites is 1. The number of aliphatic hydroxyl groups is 1. The van der Waals surface area contributed by atoms with E-state index in [0.29, 0.717) is 6.42 Å². The number of nitrogens with one attached hydrogen (secondary N) is 1. The van der Waals surface area contributed by atoms with Crippen molar-refractivity contribution in [2.75, 3.05) is 11.9 Å². The van der Waals surface area contributed by atoms with Gasteiger partial charge in [-0.3, -0.25) is 10.1 Å².